The minimum Gasteiger partial charge on any atom is -0.276 e. The highest BCUT2D eigenvalue weighted by Crippen LogP contribution is 2.12. The van der Waals surface area contributed by atoms with Gasteiger partial charge in [0.15, 0.2) is 0 Å². The fraction of sp³-hybridized carbons (Fsp3) is 0.333. The maximum atomic E-state index is 11.3. The summed E-state index contributed by atoms with van der Waals surface area (Å²) < 4.78 is 0. The highest BCUT2D eigenvalue weighted by molar-refractivity contribution is 6.11. The van der Waals surface area contributed by atoms with Crippen LogP contribution in [0.5, 0.6) is 0 Å². The van der Waals surface area contributed by atoms with Gasteiger partial charge in [0, 0.05) is 11.4 Å². The number of nitrogens with one attached hydrogen (secondary N) is 1. The number of nitrogens with zero attached hydrogens (tertiary/aromatic N) is 3. The SMILES string of the molecule is Cc1cc(C)nc(N2CC(=O)NC2=O)n1. The average Bonchev–Trinajstić information content (AvgIpc) is 2.43. The number of anilines is 1. The Morgan fingerprint density at radius 3 is 2.33 bits per heavy atom. The van der Waals surface area contributed by atoms with Crippen LogP contribution in [0.1, 0.15) is 11.4 Å². The number of imide groups is 1. The van der Waals surface area contributed by atoms with E-state index < -0.39 is 6.03 Å². The summed E-state index contributed by atoms with van der Waals surface area (Å²) in [5, 5.41) is 2.17. The fourth-order valence-corrected chi connectivity index (χ4v) is 1.43. The molecule has 1 aromatic rings. The van der Waals surface area contributed by atoms with Crippen molar-refractivity contribution in [2.24, 2.45) is 0 Å². The van der Waals surface area contributed by atoms with Crippen molar-refractivity contribution in [3.05, 3.63) is 17.5 Å². The molecule has 0 spiro atoms. The third kappa shape index (κ3) is 1.78. The molecular formula is C9H10N4O2. The molecule has 6 heteroatoms. The molecule has 0 atom stereocenters. The molecule has 0 aliphatic carbocycles. The zero-order valence-electron chi connectivity index (χ0n) is 8.44. The predicted molar refractivity (Wildman–Crippen MR) is 52.4 cm³/mol. The van der Waals surface area contributed by atoms with Crippen LogP contribution in [0, 0.1) is 13.8 Å². The molecule has 2 rings (SSSR count). The first-order chi connectivity index (χ1) is 7.06. The molecule has 1 saturated heterocycles. The smallest absolute Gasteiger partial charge is 0.276 e. The van der Waals surface area contributed by atoms with E-state index >= 15 is 0 Å². The van der Waals surface area contributed by atoms with Crippen LogP contribution >= 0.6 is 0 Å². The normalized spacial score (nSPS) is 15.7. The Kier molecular flexibility index (Phi) is 2.11. The molecule has 0 unspecified atom stereocenters. The Hall–Kier alpha value is -1.98. The molecule has 15 heavy (non-hydrogen) atoms. The minimum atomic E-state index is -0.468. The lowest BCUT2D eigenvalue weighted by Gasteiger charge is -2.11. The third-order valence-corrected chi connectivity index (χ3v) is 2.01. The molecule has 0 saturated carbocycles. The van der Waals surface area contributed by atoms with Crippen LogP contribution in [-0.4, -0.2) is 28.5 Å². The quantitative estimate of drug-likeness (QED) is 0.663. The average molecular weight is 206 g/mol. The third-order valence-electron chi connectivity index (χ3n) is 2.01. The van der Waals surface area contributed by atoms with E-state index in [-0.39, 0.29) is 18.4 Å². The molecule has 6 nitrogen and oxygen atoms in total. The van der Waals surface area contributed by atoms with Crippen LogP contribution < -0.4 is 10.2 Å². The second-order valence-electron chi connectivity index (χ2n) is 3.39. The lowest BCUT2D eigenvalue weighted by Crippen LogP contribution is -2.29. The first-order valence-corrected chi connectivity index (χ1v) is 4.50. The van der Waals surface area contributed by atoms with E-state index in [9.17, 15) is 9.59 Å². The van der Waals surface area contributed by atoms with E-state index in [1.165, 1.54) is 4.90 Å². The first kappa shape index (κ1) is 9.57. The van der Waals surface area contributed by atoms with Crippen molar-refractivity contribution in [3.63, 3.8) is 0 Å². The van der Waals surface area contributed by atoms with Gasteiger partial charge in [-0.3, -0.25) is 15.0 Å². The van der Waals surface area contributed by atoms with Gasteiger partial charge >= 0.3 is 6.03 Å². The predicted octanol–water partition coefficient (Wildman–Crippen LogP) is 0.150. The molecule has 1 fully saturated rings. The van der Waals surface area contributed by atoms with E-state index in [2.05, 4.69) is 15.3 Å². The number of rotatable bonds is 1. The minimum absolute atomic E-state index is 0.0122. The number of carbonyl (C=O) groups is 2. The van der Waals surface area contributed by atoms with Crippen molar-refractivity contribution >= 4 is 17.9 Å². The molecular weight excluding hydrogens is 196 g/mol. The van der Waals surface area contributed by atoms with Gasteiger partial charge in [0.2, 0.25) is 11.9 Å². The molecule has 0 bridgehead atoms. The van der Waals surface area contributed by atoms with Gasteiger partial charge in [0.1, 0.15) is 6.54 Å². The van der Waals surface area contributed by atoms with Crippen molar-refractivity contribution in [2.45, 2.75) is 13.8 Å². The van der Waals surface area contributed by atoms with E-state index in [1.807, 2.05) is 13.8 Å². The first-order valence-electron chi connectivity index (χ1n) is 4.50. The summed E-state index contributed by atoms with van der Waals surface area (Å²) in [4.78, 5) is 31.7. The van der Waals surface area contributed by atoms with Gasteiger partial charge in [-0.1, -0.05) is 0 Å². The molecule has 0 radical (unpaired) electrons. The number of amides is 3. The van der Waals surface area contributed by atoms with Gasteiger partial charge in [0.25, 0.3) is 0 Å². The number of aryl methyl sites for hydroxylation is 2. The van der Waals surface area contributed by atoms with Gasteiger partial charge in [-0.05, 0) is 19.9 Å². The van der Waals surface area contributed by atoms with Crippen LogP contribution in [0.15, 0.2) is 6.07 Å². The van der Waals surface area contributed by atoms with Crippen molar-refractivity contribution in [3.8, 4) is 0 Å². The van der Waals surface area contributed by atoms with Crippen LogP contribution in [0.4, 0.5) is 10.7 Å². The van der Waals surface area contributed by atoms with Gasteiger partial charge in [-0.25, -0.2) is 14.8 Å². The Bertz CT molecular complexity index is 423. The Morgan fingerprint density at radius 2 is 1.87 bits per heavy atom. The molecule has 2 heterocycles. The van der Waals surface area contributed by atoms with E-state index in [1.54, 1.807) is 6.07 Å². The van der Waals surface area contributed by atoms with Crippen molar-refractivity contribution in [2.75, 3.05) is 11.4 Å². The number of aromatic nitrogens is 2. The second kappa shape index (κ2) is 3.30. The van der Waals surface area contributed by atoms with Crippen molar-refractivity contribution < 1.29 is 9.59 Å². The van der Waals surface area contributed by atoms with Gasteiger partial charge in [-0.2, -0.15) is 0 Å². The summed E-state index contributed by atoms with van der Waals surface area (Å²) in [5.41, 5.74) is 1.54. The van der Waals surface area contributed by atoms with E-state index in [4.69, 9.17) is 0 Å². The Labute approximate surface area is 86.3 Å². The molecule has 0 aromatic carbocycles. The highest BCUT2D eigenvalue weighted by atomic mass is 16.2. The molecule has 1 aliphatic heterocycles. The Morgan fingerprint density at radius 1 is 1.27 bits per heavy atom. The number of hydrogen-bond donors (Lipinski definition) is 1. The molecule has 1 N–H and O–H groups in total. The summed E-state index contributed by atoms with van der Waals surface area (Å²) in [7, 11) is 0. The molecule has 3 amide bonds. The van der Waals surface area contributed by atoms with Crippen LogP contribution in [0.25, 0.3) is 0 Å². The van der Waals surface area contributed by atoms with Gasteiger partial charge in [0.05, 0.1) is 0 Å². The van der Waals surface area contributed by atoms with Crippen LogP contribution in [0.2, 0.25) is 0 Å². The van der Waals surface area contributed by atoms with E-state index in [0.717, 1.165) is 11.4 Å². The largest absolute Gasteiger partial charge is 0.331 e. The van der Waals surface area contributed by atoms with Gasteiger partial charge < -0.3 is 0 Å². The van der Waals surface area contributed by atoms with Crippen LogP contribution in [-0.2, 0) is 4.79 Å². The second-order valence-corrected chi connectivity index (χ2v) is 3.39. The highest BCUT2D eigenvalue weighted by Gasteiger charge is 2.29. The fourth-order valence-electron chi connectivity index (χ4n) is 1.43. The lowest BCUT2D eigenvalue weighted by molar-refractivity contribution is -0.117. The zero-order chi connectivity index (χ0) is 11.0. The van der Waals surface area contributed by atoms with Crippen LogP contribution in [0.3, 0.4) is 0 Å². The van der Waals surface area contributed by atoms with Crippen molar-refractivity contribution in [1.29, 1.82) is 0 Å². The standard InChI is InChI=1S/C9H10N4O2/c1-5-3-6(2)11-8(10-5)13-4-7(14)12-9(13)15/h3H,4H2,1-2H3,(H,12,14,15). The molecule has 1 aliphatic rings. The Balaban J connectivity index is 2.37. The lowest BCUT2D eigenvalue weighted by atomic mass is 10.3. The van der Waals surface area contributed by atoms with E-state index in [0.29, 0.717) is 0 Å². The summed E-state index contributed by atoms with van der Waals surface area (Å²) >= 11 is 0. The number of hydrogen-bond acceptors (Lipinski definition) is 4. The molecule has 1 aromatic heterocycles. The van der Waals surface area contributed by atoms with Gasteiger partial charge in [-0.15, -0.1) is 0 Å². The summed E-state index contributed by atoms with van der Waals surface area (Å²) in [6.45, 7) is 3.61. The zero-order valence-corrected chi connectivity index (χ0v) is 8.44. The summed E-state index contributed by atoms with van der Waals surface area (Å²) in [5.74, 6) is -0.0568. The monoisotopic (exact) mass is 206 g/mol. The maximum absolute atomic E-state index is 11.3. The maximum Gasteiger partial charge on any atom is 0.331 e. The molecule has 78 valence electrons. The number of carbonyl (C=O) groups excluding carboxylic acids is 2. The summed E-state index contributed by atoms with van der Waals surface area (Å²) in [6.07, 6.45) is 0. The summed E-state index contributed by atoms with van der Waals surface area (Å²) in [6, 6.07) is 1.34. The topological polar surface area (TPSA) is 75.2 Å². The van der Waals surface area contributed by atoms with Crippen molar-refractivity contribution in [1.82, 2.24) is 15.3 Å². The number of urea groups is 1.